The third-order valence-electron chi connectivity index (χ3n) is 2.15. The van der Waals surface area contributed by atoms with E-state index in [0.717, 1.165) is 16.9 Å². The summed E-state index contributed by atoms with van der Waals surface area (Å²) in [4.78, 5) is 0. The number of halogens is 1. The predicted molar refractivity (Wildman–Crippen MR) is 63.4 cm³/mol. The molecule has 0 saturated carbocycles. The van der Waals surface area contributed by atoms with Crippen molar-refractivity contribution in [2.24, 2.45) is 0 Å². The van der Waals surface area contributed by atoms with Crippen LogP contribution in [0.25, 0.3) is 11.1 Å². The van der Waals surface area contributed by atoms with Crippen LogP contribution in [-0.2, 0) is 0 Å². The second kappa shape index (κ2) is 4.37. The van der Waals surface area contributed by atoms with Gasteiger partial charge in [0, 0.05) is 5.56 Å². The van der Waals surface area contributed by atoms with E-state index in [1.165, 1.54) is 0 Å². The summed E-state index contributed by atoms with van der Waals surface area (Å²) in [5.41, 5.74) is 7.21. The highest BCUT2D eigenvalue weighted by atomic mass is 35.5. The number of aromatic nitrogens is 2. The molecule has 0 saturated heterocycles. The highest BCUT2D eigenvalue weighted by Crippen LogP contribution is 2.29. The van der Waals surface area contributed by atoms with Crippen molar-refractivity contribution in [2.45, 2.75) is 0 Å². The van der Waals surface area contributed by atoms with Gasteiger partial charge in [0.2, 0.25) is 0 Å². The molecule has 0 aliphatic rings. The monoisotopic (exact) mass is 235 g/mol. The molecule has 5 heteroatoms. The van der Waals surface area contributed by atoms with Gasteiger partial charge in [-0.1, -0.05) is 23.7 Å². The Balaban J connectivity index is 2.53. The topological polar surface area (TPSA) is 61.0 Å². The minimum absolute atomic E-state index is 0.322. The van der Waals surface area contributed by atoms with Gasteiger partial charge in [-0.15, -0.1) is 10.2 Å². The summed E-state index contributed by atoms with van der Waals surface area (Å²) in [7, 11) is 1.61. The fourth-order valence-electron chi connectivity index (χ4n) is 1.38. The van der Waals surface area contributed by atoms with Crippen LogP contribution in [0.1, 0.15) is 0 Å². The van der Waals surface area contributed by atoms with E-state index in [2.05, 4.69) is 10.2 Å². The van der Waals surface area contributed by atoms with Crippen LogP contribution in [0.3, 0.4) is 0 Å². The van der Waals surface area contributed by atoms with Crippen molar-refractivity contribution in [3.63, 3.8) is 0 Å². The highest BCUT2D eigenvalue weighted by molar-refractivity contribution is 6.32. The lowest BCUT2D eigenvalue weighted by Crippen LogP contribution is -1.95. The molecule has 0 fully saturated rings. The van der Waals surface area contributed by atoms with E-state index in [1.807, 2.05) is 24.3 Å². The molecule has 1 heterocycles. The highest BCUT2D eigenvalue weighted by Gasteiger charge is 2.07. The normalized spacial score (nSPS) is 10.1. The van der Waals surface area contributed by atoms with Gasteiger partial charge in [0.05, 0.1) is 7.11 Å². The Labute approximate surface area is 98.0 Å². The molecule has 0 spiro atoms. The minimum atomic E-state index is 0.322. The molecular weight excluding hydrogens is 226 g/mol. The van der Waals surface area contributed by atoms with E-state index in [9.17, 15) is 0 Å². The van der Waals surface area contributed by atoms with Crippen LogP contribution in [0.4, 0.5) is 5.82 Å². The second-order valence-electron chi connectivity index (χ2n) is 3.21. The van der Waals surface area contributed by atoms with E-state index >= 15 is 0 Å². The maximum atomic E-state index is 5.96. The zero-order valence-corrected chi connectivity index (χ0v) is 9.40. The molecule has 2 rings (SSSR count). The van der Waals surface area contributed by atoms with Crippen molar-refractivity contribution in [1.29, 1.82) is 0 Å². The zero-order valence-electron chi connectivity index (χ0n) is 8.64. The molecule has 16 heavy (non-hydrogen) atoms. The summed E-state index contributed by atoms with van der Waals surface area (Å²) in [5, 5.41) is 7.75. The lowest BCUT2D eigenvalue weighted by molar-refractivity contribution is 0.415. The Bertz CT molecular complexity index is 516. The van der Waals surface area contributed by atoms with E-state index in [1.54, 1.807) is 13.2 Å². The molecule has 2 N–H and O–H groups in total. The summed E-state index contributed by atoms with van der Waals surface area (Å²) in [6.07, 6.45) is 0. The number of benzene rings is 1. The van der Waals surface area contributed by atoms with Crippen LogP contribution in [-0.4, -0.2) is 17.3 Å². The molecule has 0 radical (unpaired) electrons. The van der Waals surface area contributed by atoms with Crippen molar-refractivity contribution in [3.05, 3.63) is 35.5 Å². The first-order chi connectivity index (χ1) is 7.70. The Morgan fingerprint density at radius 2 is 2.06 bits per heavy atom. The van der Waals surface area contributed by atoms with Gasteiger partial charge >= 0.3 is 0 Å². The number of nitrogen functional groups attached to an aromatic ring is 1. The predicted octanol–water partition coefficient (Wildman–Crippen LogP) is 2.39. The standard InChI is InChI=1S/C11H10ClN3O/c1-16-8-4-2-3-7(5-8)9-6-10(13)14-15-11(9)12/h2-6H,1H3,(H2,13,14). The lowest BCUT2D eigenvalue weighted by atomic mass is 10.1. The Morgan fingerprint density at radius 1 is 1.25 bits per heavy atom. The summed E-state index contributed by atoms with van der Waals surface area (Å²) >= 11 is 5.96. The van der Waals surface area contributed by atoms with Gasteiger partial charge in [-0.3, -0.25) is 0 Å². The molecule has 1 aromatic heterocycles. The summed E-state index contributed by atoms with van der Waals surface area (Å²) in [6, 6.07) is 9.19. The van der Waals surface area contributed by atoms with Crippen LogP contribution in [0.15, 0.2) is 30.3 Å². The van der Waals surface area contributed by atoms with Gasteiger partial charge in [0.25, 0.3) is 0 Å². The van der Waals surface area contributed by atoms with Crippen LogP contribution in [0.5, 0.6) is 5.75 Å². The minimum Gasteiger partial charge on any atom is -0.497 e. The molecule has 1 aromatic carbocycles. The van der Waals surface area contributed by atoms with Crippen LogP contribution < -0.4 is 10.5 Å². The molecule has 0 bridgehead atoms. The van der Waals surface area contributed by atoms with Gasteiger partial charge in [-0.25, -0.2) is 0 Å². The largest absolute Gasteiger partial charge is 0.497 e. The fourth-order valence-corrected chi connectivity index (χ4v) is 1.59. The molecule has 0 unspecified atom stereocenters. The average molecular weight is 236 g/mol. The number of anilines is 1. The van der Waals surface area contributed by atoms with Gasteiger partial charge < -0.3 is 10.5 Å². The van der Waals surface area contributed by atoms with Gasteiger partial charge in [-0.05, 0) is 23.8 Å². The lowest BCUT2D eigenvalue weighted by Gasteiger charge is -2.06. The average Bonchev–Trinajstić information content (AvgIpc) is 2.32. The van der Waals surface area contributed by atoms with Crippen molar-refractivity contribution in [1.82, 2.24) is 10.2 Å². The second-order valence-corrected chi connectivity index (χ2v) is 3.56. The fraction of sp³-hybridized carbons (Fsp3) is 0.0909. The van der Waals surface area contributed by atoms with Crippen molar-refractivity contribution >= 4 is 17.4 Å². The number of ether oxygens (including phenoxy) is 1. The number of methoxy groups -OCH3 is 1. The van der Waals surface area contributed by atoms with Crippen LogP contribution in [0.2, 0.25) is 5.15 Å². The van der Waals surface area contributed by atoms with Crippen LogP contribution in [0, 0.1) is 0 Å². The third kappa shape index (κ3) is 2.06. The Kier molecular flexibility index (Phi) is 2.92. The molecule has 0 aliphatic carbocycles. The van der Waals surface area contributed by atoms with Crippen molar-refractivity contribution < 1.29 is 4.74 Å². The SMILES string of the molecule is COc1cccc(-c2cc(N)nnc2Cl)c1. The number of hydrogen-bond donors (Lipinski definition) is 1. The summed E-state index contributed by atoms with van der Waals surface area (Å²) in [6.45, 7) is 0. The molecule has 0 aliphatic heterocycles. The van der Waals surface area contributed by atoms with Crippen LogP contribution >= 0.6 is 11.6 Å². The molecule has 0 amide bonds. The Hall–Kier alpha value is -1.81. The maximum Gasteiger partial charge on any atom is 0.159 e. The first-order valence-electron chi connectivity index (χ1n) is 4.64. The van der Waals surface area contributed by atoms with Crippen molar-refractivity contribution in [3.8, 4) is 16.9 Å². The number of nitrogens with two attached hydrogens (primary N) is 1. The summed E-state index contributed by atoms with van der Waals surface area (Å²) in [5.74, 6) is 1.09. The number of nitrogens with zero attached hydrogens (tertiary/aromatic N) is 2. The quantitative estimate of drug-likeness (QED) is 0.868. The zero-order chi connectivity index (χ0) is 11.5. The van der Waals surface area contributed by atoms with Gasteiger partial charge in [0.15, 0.2) is 5.15 Å². The first-order valence-corrected chi connectivity index (χ1v) is 5.01. The third-order valence-corrected chi connectivity index (χ3v) is 2.43. The van der Waals surface area contributed by atoms with Gasteiger partial charge in [-0.2, -0.15) is 0 Å². The molecule has 0 atom stereocenters. The smallest absolute Gasteiger partial charge is 0.159 e. The van der Waals surface area contributed by atoms with E-state index in [4.69, 9.17) is 22.1 Å². The van der Waals surface area contributed by atoms with E-state index < -0.39 is 0 Å². The Morgan fingerprint density at radius 3 is 2.81 bits per heavy atom. The molecule has 4 nitrogen and oxygen atoms in total. The summed E-state index contributed by atoms with van der Waals surface area (Å²) < 4.78 is 5.14. The number of rotatable bonds is 2. The molecule has 2 aromatic rings. The number of hydrogen-bond acceptors (Lipinski definition) is 4. The first kappa shape index (κ1) is 10.7. The van der Waals surface area contributed by atoms with E-state index in [-0.39, 0.29) is 0 Å². The molecular formula is C11H10ClN3O. The van der Waals surface area contributed by atoms with Crippen molar-refractivity contribution in [2.75, 3.05) is 12.8 Å². The molecule has 82 valence electrons. The van der Waals surface area contributed by atoms with Gasteiger partial charge in [0.1, 0.15) is 11.6 Å². The maximum absolute atomic E-state index is 5.96. The van der Waals surface area contributed by atoms with E-state index in [0.29, 0.717) is 11.0 Å².